The summed E-state index contributed by atoms with van der Waals surface area (Å²) in [6.07, 6.45) is 0. The largest absolute Gasteiger partial charge is 0.343 e. The minimum absolute atomic E-state index is 0.248. The van der Waals surface area contributed by atoms with Crippen molar-refractivity contribution in [3.05, 3.63) is 68.6 Å². The molecule has 2 rings (SSSR count). The maximum absolute atomic E-state index is 12.8. The summed E-state index contributed by atoms with van der Waals surface area (Å²) in [5, 5.41) is 0. The second-order valence-corrected chi connectivity index (χ2v) is 6.20. The Morgan fingerprint density at radius 1 is 0.857 bits per heavy atom. The van der Waals surface area contributed by atoms with Crippen LogP contribution < -0.4 is 0 Å². The van der Waals surface area contributed by atoms with Crippen molar-refractivity contribution in [2.75, 3.05) is 14.2 Å². The molecule has 0 aliphatic carbocycles. The topological polar surface area (TPSA) is 35.5 Å². The molecule has 2 aromatic rings. The number of methoxy groups -OCH3 is 2. The van der Waals surface area contributed by atoms with Gasteiger partial charge >= 0.3 is 0 Å². The van der Waals surface area contributed by atoms with Crippen LogP contribution >= 0.6 is 31.9 Å². The lowest BCUT2D eigenvalue weighted by atomic mass is 9.96. The van der Waals surface area contributed by atoms with E-state index in [0.29, 0.717) is 11.1 Å². The summed E-state index contributed by atoms with van der Waals surface area (Å²) in [6, 6.07) is 14.4. The van der Waals surface area contributed by atoms with Gasteiger partial charge in [-0.05, 0) is 24.3 Å². The minimum atomic E-state index is -1.45. The second-order valence-electron chi connectivity index (χ2n) is 4.37. The van der Waals surface area contributed by atoms with Crippen LogP contribution in [-0.2, 0) is 15.3 Å². The number of carbonyl (C=O) groups is 1. The molecule has 0 radical (unpaired) electrons. The first-order valence-electron chi connectivity index (χ1n) is 6.20. The van der Waals surface area contributed by atoms with Crippen LogP contribution in [-0.4, -0.2) is 20.0 Å². The number of Topliss-reactive ketones (excluding diaryl/α,β-unsaturated/α-hetero) is 1. The molecule has 5 heteroatoms. The normalized spacial score (nSPS) is 11.4. The van der Waals surface area contributed by atoms with Gasteiger partial charge in [0, 0.05) is 34.3 Å². The zero-order chi connectivity index (χ0) is 15.5. The molecule has 0 aliphatic rings. The van der Waals surface area contributed by atoms with Gasteiger partial charge in [-0.15, -0.1) is 0 Å². The van der Waals surface area contributed by atoms with Crippen LogP contribution in [0.2, 0.25) is 0 Å². The Morgan fingerprint density at radius 2 is 1.29 bits per heavy atom. The van der Waals surface area contributed by atoms with E-state index in [4.69, 9.17) is 9.47 Å². The van der Waals surface area contributed by atoms with Gasteiger partial charge < -0.3 is 9.47 Å². The molecule has 3 nitrogen and oxygen atoms in total. The average molecular weight is 414 g/mol. The van der Waals surface area contributed by atoms with E-state index < -0.39 is 5.79 Å². The fraction of sp³-hybridized carbons (Fsp3) is 0.188. The minimum Gasteiger partial charge on any atom is -0.343 e. The van der Waals surface area contributed by atoms with Gasteiger partial charge in [-0.1, -0.05) is 56.1 Å². The maximum atomic E-state index is 12.8. The van der Waals surface area contributed by atoms with Gasteiger partial charge in [-0.3, -0.25) is 4.79 Å². The lowest BCUT2D eigenvalue weighted by Crippen LogP contribution is -2.40. The number of hydrogen-bond donors (Lipinski definition) is 0. The van der Waals surface area contributed by atoms with Crippen molar-refractivity contribution in [2.45, 2.75) is 5.79 Å². The molecule has 21 heavy (non-hydrogen) atoms. The molecule has 0 aromatic heterocycles. The highest BCUT2D eigenvalue weighted by atomic mass is 79.9. The molecule has 0 fully saturated rings. The van der Waals surface area contributed by atoms with Crippen molar-refractivity contribution in [3.8, 4) is 0 Å². The van der Waals surface area contributed by atoms with E-state index in [9.17, 15) is 4.79 Å². The lowest BCUT2D eigenvalue weighted by molar-refractivity contribution is -0.176. The van der Waals surface area contributed by atoms with Gasteiger partial charge in [0.2, 0.25) is 5.78 Å². The van der Waals surface area contributed by atoms with Crippen LogP contribution in [0.15, 0.2) is 57.5 Å². The van der Waals surface area contributed by atoms with Crippen molar-refractivity contribution in [1.29, 1.82) is 0 Å². The summed E-state index contributed by atoms with van der Waals surface area (Å²) in [5.74, 6) is -1.70. The van der Waals surface area contributed by atoms with E-state index in [-0.39, 0.29) is 5.78 Å². The summed E-state index contributed by atoms with van der Waals surface area (Å²) < 4.78 is 12.7. The van der Waals surface area contributed by atoms with Crippen LogP contribution in [0.25, 0.3) is 0 Å². The van der Waals surface area contributed by atoms with Gasteiger partial charge in [0.05, 0.1) is 0 Å². The molecule has 0 spiro atoms. The van der Waals surface area contributed by atoms with Crippen LogP contribution in [0.1, 0.15) is 15.9 Å². The molecule has 0 bridgehead atoms. The number of carbonyl (C=O) groups excluding carboxylic acids is 1. The molecule has 0 saturated heterocycles. The third-order valence-electron chi connectivity index (χ3n) is 3.20. The Balaban J connectivity index is 2.48. The van der Waals surface area contributed by atoms with E-state index in [1.807, 2.05) is 24.3 Å². The van der Waals surface area contributed by atoms with Crippen molar-refractivity contribution >= 4 is 37.6 Å². The van der Waals surface area contributed by atoms with Crippen molar-refractivity contribution in [3.63, 3.8) is 0 Å². The fourth-order valence-corrected chi connectivity index (χ4v) is 2.62. The number of hydrogen-bond acceptors (Lipinski definition) is 3. The van der Waals surface area contributed by atoms with Crippen molar-refractivity contribution in [2.24, 2.45) is 0 Å². The van der Waals surface area contributed by atoms with E-state index in [2.05, 4.69) is 31.9 Å². The fourth-order valence-electron chi connectivity index (χ4n) is 2.10. The molecule has 0 heterocycles. The highest BCUT2D eigenvalue weighted by molar-refractivity contribution is 9.10. The summed E-state index contributed by atoms with van der Waals surface area (Å²) in [7, 11) is 2.92. The van der Waals surface area contributed by atoms with Crippen LogP contribution in [0.3, 0.4) is 0 Å². The molecule has 0 N–H and O–H groups in total. The monoisotopic (exact) mass is 412 g/mol. The molecule has 110 valence electrons. The van der Waals surface area contributed by atoms with Gasteiger partial charge in [0.1, 0.15) is 0 Å². The zero-order valence-corrected chi connectivity index (χ0v) is 14.8. The van der Waals surface area contributed by atoms with Crippen molar-refractivity contribution in [1.82, 2.24) is 0 Å². The Morgan fingerprint density at radius 3 is 1.71 bits per heavy atom. The molecule has 0 aliphatic heterocycles. The summed E-state index contributed by atoms with van der Waals surface area (Å²) in [6.45, 7) is 0. The Kier molecular flexibility index (Phi) is 5.32. The molecule has 0 saturated carbocycles. The predicted molar refractivity (Wildman–Crippen MR) is 88.3 cm³/mol. The predicted octanol–water partition coefficient (Wildman–Crippen LogP) is 4.54. The van der Waals surface area contributed by atoms with Gasteiger partial charge in [0.25, 0.3) is 5.79 Å². The van der Waals surface area contributed by atoms with E-state index in [1.165, 1.54) is 14.2 Å². The second kappa shape index (κ2) is 6.83. The first kappa shape index (κ1) is 16.4. The number of benzene rings is 2. The lowest BCUT2D eigenvalue weighted by Gasteiger charge is -2.29. The SMILES string of the molecule is COC(OC)(C(=O)c1ccc(Br)cc1)c1ccc(Br)cc1. The van der Waals surface area contributed by atoms with Crippen LogP contribution in [0.4, 0.5) is 0 Å². The smallest absolute Gasteiger partial charge is 0.260 e. The van der Waals surface area contributed by atoms with Gasteiger partial charge in [-0.2, -0.15) is 0 Å². The standard InChI is InChI=1S/C16H14Br2O3/c1-20-16(21-2,12-5-9-14(18)10-6-12)15(19)11-3-7-13(17)8-4-11/h3-10H,1-2H3. The Bertz CT molecular complexity index is 617. The quantitative estimate of drug-likeness (QED) is 0.533. The molecule has 0 atom stereocenters. The maximum Gasteiger partial charge on any atom is 0.260 e. The third kappa shape index (κ3) is 3.26. The number of ether oxygens (including phenoxy) is 2. The first-order valence-corrected chi connectivity index (χ1v) is 7.79. The third-order valence-corrected chi connectivity index (χ3v) is 4.26. The Hall–Kier alpha value is -1.01. The zero-order valence-electron chi connectivity index (χ0n) is 11.6. The number of halogens is 2. The Labute approximate surface area is 140 Å². The molecule has 2 aromatic carbocycles. The number of ketones is 1. The average Bonchev–Trinajstić information content (AvgIpc) is 2.51. The van der Waals surface area contributed by atoms with Gasteiger partial charge in [0.15, 0.2) is 0 Å². The number of rotatable bonds is 5. The molecule has 0 amide bonds. The molecular weight excluding hydrogens is 400 g/mol. The van der Waals surface area contributed by atoms with E-state index >= 15 is 0 Å². The summed E-state index contributed by atoms with van der Waals surface area (Å²) in [5.41, 5.74) is 1.16. The summed E-state index contributed by atoms with van der Waals surface area (Å²) in [4.78, 5) is 12.8. The van der Waals surface area contributed by atoms with Gasteiger partial charge in [-0.25, -0.2) is 0 Å². The first-order chi connectivity index (χ1) is 10.0. The summed E-state index contributed by atoms with van der Waals surface area (Å²) >= 11 is 6.73. The molecule has 0 unspecified atom stereocenters. The van der Waals surface area contributed by atoms with Crippen molar-refractivity contribution < 1.29 is 14.3 Å². The van der Waals surface area contributed by atoms with Crippen LogP contribution in [0, 0.1) is 0 Å². The highest BCUT2D eigenvalue weighted by Gasteiger charge is 2.41. The van der Waals surface area contributed by atoms with E-state index in [1.54, 1.807) is 24.3 Å². The molecular formula is C16H14Br2O3. The van der Waals surface area contributed by atoms with E-state index in [0.717, 1.165) is 8.95 Å². The van der Waals surface area contributed by atoms with Crippen LogP contribution in [0.5, 0.6) is 0 Å². The highest BCUT2D eigenvalue weighted by Crippen LogP contribution is 2.31.